The van der Waals surface area contributed by atoms with E-state index in [9.17, 15) is 9.90 Å². The Morgan fingerprint density at radius 1 is 1.00 bits per heavy atom. The molecule has 0 aliphatic carbocycles. The van der Waals surface area contributed by atoms with Gasteiger partial charge in [-0.25, -0.2) is 4.79 Å². The zero-order chi connectivity index (χ0) is 15.4. The van der Waals surface area contributed by atoms with Crippen LogP contribution in [0.2, 0.25) is 0 Å². The van der Waals surface area contributed by atoms with Gasteiger partial charge in [-0.2, -0.15) is 0 Å². The summed E-state index contributed by atoms with van der Waals surface area (Å²) in [4.78, 5) is 11.8. The molecule has 1 N–H and O–H groups in total. The van der Waals surface area contributed by atoms with Gasteiger partial charge < -0.3 is 9.84 Å². The van der Waals surface area contributed by atoms with Gasteiger partial charge in [-0.1, -0.05) is 42.5 Å². The molecule has 21 heavy (non-hydrogen) atoms. The predicted octanol–water partition coefficient (Wildman–Crippen LogP) is 4.02. The highest BCUT2D eigenvalue weighted by molar-refractivity contribution is 6.24. The number of hydrogen-bond donors (Lipinski definition) is 1. The molecule has 3 heteroatoms. The van der Waals surface area contributed by atoms with Gasteiger partial charge >= 0.3 is 5.97 Å². The lowest BCUT2D eigenvalue weighted by atomic mass is 9.93. The maximum Gasteiger partial charge on any atom is 0.336 e. The fourth-order valence-corrected chi connectivity index (χ4v) is 2.46. The molecule has 0 saturated heterocycles. The van der Waals surface area contributed by atoms with Crippen molar-refractivity contribution in [2.24, 2.45) is 0 Å². The van der Waals surface area contributed by atoms with Crippen LogP contribution in [-0.4, -0.2) is 18.2 Å². The summed E-state index contributed by atoms with van der Waals surface area (Å²) in [5, 5.41) is 9.66. The van der Waals surface area contributed by atoms with Crippen molar-refractivity contribution in [1.82, 2.24) is 0 Å². The van der Waals surface area contributed by atoms with Gasteiger partial charge in [0.1, 0.15) is 5.75 Å². The van der Waals surface area contributed by atoms with Gasteiger partial charge in [-0.3, -0.25) is 0 Å². The summed E-state index contributed by atoms with van der Waals surface area (Å²) < 4.78 is 5.30. The number of aliphatic carboxylic acids is 1. The van der Waals surface area contributed by atoms with E-state index in [-0.39, 0.29) is 5.57 Å². The third-order valence-corrected chi connectivity index (χ3v) is 3.51. The normalized spacial score (nSPS) is 11.8. The lowest BCUT2D eigenvalue weighted by Gasteiger charge is -2.14. The molecule has 0 heterocycles. The van der Waals surface area contributed by atoms with Gasteiger partial charge in [0, 0.05) is 5.56 Å². The molecule has 0 atom stereocenters. The number of carboxylic acids is 1. The van der Waals surface area contributed by atoms with Gasteiger partial charge in [0.05, 0.1) is 12.7 Å². The number of ether oxygens (including phenoxy) is 1. The van der Waals surface area contributed by atoms with Crippen LogP contribution in [0.15, 0.2) is 48.5 Å². The number of para-hydroxylation sites is 1. The van der Waals surface area contributed by atoms with Crippen molar-refractivity contribution in [2.75, 3.05) is 7.11 Å². The molecule has 0 aliphatic heterocycles. The Morgan fingerprint density at radius 3 is 2.14 bits per heavy atom. The number of rotatable bonds is 4. The van der Waals surface area contributed by atoms with Crippen molar-refractivity contribution in [1.29, 1.82) is 0 Å². The molecule has 0 amide bonds. The largest absolute Gasteiger partial charge is 0.496 e. The topological polar surface area (TPSA) is 46.5 Å². The average Bonchev–Trinajstić information content (AvgIpc) is 2.48. The van der Waals surface area contributed by atoms with E-state index in [0.29, 0.717) is 11.3 Å². The molecule has 0 aliphatic rings. The van der Waals surface area contributed by atoms with Crippen LogP contribution >= 0.6 is 0 Å². The zero-order valence-corrected chi connectivity index (χ0v) is 12.4. The van der Waals surface area contributed by atoms with E-state index in [4.69, 9.17) is 4.74 Å². The Bertz CT molecular complexity index is 699. The van der Waals surface area contributed by atoms with Crippen LogP contribution in [0.1, 0.15) is 23.6 Å². The SMILES string of the molecule is COc1ccccc1/C(C(=O)O)=C(/C)c1ccccc1C. The molecule has 0 unspecified atom stereocenters. The minimum absolute atomic E-state index is 0.266. The molecule has 0 aromatic heterocycles. The van der Waals surface area contributed by atoms with Crippen molar-refractivity contribution < 1.29 is 14.6 Å². The summed E-state index contributed by atoms with van der Waals surface area (Å²) in [6.45, 7) is 3.80. The van der Waals surface area contributed by atoms with Gasteiger partial charge in [0.2, 0.25) is 0 Å². The van der Waals surface area contributed by atoms with Gasteiger partial charge in [0.25, 0.3) is 0 Å². The summed E-state index contributed by atoms with van der Waals surface area (Å²) >= 11 is 0. The van der Waals surface area contributed by atoms with Crippen molar-refractivity contribution in [2.45, 2.75) is 13.8 Å². The number of allylic oxidation sites excluding steroid dienone is 1. The predicted molar refractivity (Wildman–Crippen MR) is 84.3 cm³/mol. The maximum absolute atomic E-state index is 11.8. The molecular weight excluding hydrogens is 264 g/mol. The Morgan fingerprint density at radius 2 is 1.57 bits per heavy atom. The van der Waals surface area contributed by atoms with Crippen LogP contribution in [0.3, 0.4) is 0 Å². The minimum Gasteiger partial charge on any atom is -0.496 e. The second-order valence-electron chi connectivity index (χ2n) is 4.82. The summed E-state index contributed by atoms with van der Waals surface area (Å²) in [5.74, 6) is -0.400. The standard InChI is InChI=1S/C18H18O3/c1-12-8-4-5-9-14(12)13(2)17(18(19)20)15-10-6-7-11-16(15)21-3/h4-11H,1-3H3,(H,19,20)/b17-13+. The smallest absolute Gasteiger partial charge is 0.336 e. The monoisotopic (exact) mass is 282 g/mol. The third-order valence-electron chi connectivity index (χ3n) is 3.51. The van der Waals surface area contributed by atoms with Crippen molar-refractivity contribution in [3.63, 3.8) is 0 Å². The van der Waals surface area contributed by atoms with E-state index in [1.807, 2.05) is 50.2 Å². The second-order valence-corrected chi connectivity index (χ2v) is 4.82. The average molecular weight is 282 g/mol. The highest BCUT2D eigenvalue weighted by Gasteiger charge is 2.19. The van der Waals surface area contributed by atoms with Crippen LogP contribution in [-0.2, 0) is 4.79 Å². The summed E-state index contributed by atoms with van der Waals surface area (Å²) in [7, 11) is 1.54. The van der Waals surface area contributed by atoms with Crippen LogP contribution in [0.5, 0.6) is 5.75 Å². The molecule has 2 aromatic carbocycles. The molecule has 3 nitrogen and oxygen atoms in total. The highest BCUT2D eigenvalue weighted by Crippen LogP contribution is 2.33. The van der Waals surface area contributed by atoms with E-state index in [0.717, 1.165) is 16.7 Å². The van der Waals surface area contributed by atoms with Crippen molar-refractivity contribution in [3.05, 3.63) is 65.2 Å². The number of benzene rings is 2. The van der Waals surface area contributed by atoms with E-state index >= 15 is 0 Å². The molecule has 0 bridgehead atoms. The fraction of sp³-hybridized carbons (Fsp3) is 0.167. The van der Waals surface area contributed by atoms with E-state index < -0.39 is 5.97 Å². The van der Waals surface area contributed by atoms with Crippen LogP contribution in [0, 0.1) is 6.92 Å². The second kappa shape index (κ2) is 6.27. The fourth-order valence-electron chi connectivity index (χ4n) is 2.46. The number of aryl methyl sites for hydroxylation is 1. The summed E-state index contributed by atoms with van der Waals surface area (Å²) in [5.41, 5.74) is 3.56. The highest BCUT2D eigenvalue weighted by atomic mass is 16.5. The lowest BCUT2D eigenvalue weighted by Crippen LogP contribution is -2.05. The summed E-state index contributed by atoms with van der Waals surface area (Å²) in [6.07, 6.45) is 0. The maximum atomic E-state index is 11.8. The molecule has 0 saturated carbocycles. The molecule has 0 fully saturated rings. The molecular formula is C18H18O3. The van der Waals surface area contributed by atoms with E-state index in [1.165, 1.54) is 0 Å². The minimum atomic E-state index is -0.958. The molecule has 2 aromatic rings. The first kappa shape index (κ1) is 14.9. The van der Waals surface area contributed by atoms with Gasteiger partial charge in [-0.15, -0.1) is 0 Å². The Labute approximate surface area is 124 Å². The quantitative estimate of drug-likeness (QED) is 0.680. The number of methoxy groups -OCH3 is 1. The number of carbonyl (C=O) groups is 1. The number of hydrogen-bond acceptors (Lipinski definition) is 2. The van der Waals surface area contributed by atoms with Gasteiger partial charge in [0.15, 0.2) is 0 Å². The first-order valence-corrected chi connectivity index (χ1v) is 6.69. The third kappa shape index (κ3) is 2.97. The first-order valence-electron chi connectivity index (χ1n) is 6.69. The van der Waals surface area contributed by atoms with Crippen molar-refractivity contribution in [3.8, 4) is 5.75 Å². The Hall–Kier alpha value is -2.55. The molecule has 108 valence electrons. The molecule has 0 spiro atoms. The summed E-state index contributed by atoms with van der Waals surface area (Å²) in [6, 6.07) is 14.9. The lowest BCUT2D eigenvalue weighted by molar-refractivity contribution is -0.130. The van der Waals surface area contributed by atoms with Crippen LogP contribution in [0.4, 0.5) is 0 Å². The van der Waals surface area contributed by atoms with E-state index in [2.05, 4.69) is 0 Å². The molecule has 0 radical (unpaired) electrons. The zero-order valence-electron chi connectivity index (χ0n) is 12.4. The van der Waals surface area contributed by atoms with Crippen LogP contribution < -0.4 is 4.74 Å². The van der Waals surface area contributed by atoms with Gasteiger partial charge in [-0.05, 0) is 36.6 Å². The Kier molecular flexibility index (Phi) is 4.43. The number of carboxylic acid groups (broad SMARTS) is 1. The van der Waals surface area contributed by atoms with E-state index in [1.54, 1.807) is 19.2 Å². The first-order chi connectivity index (χ1) is 10.1. The van der Waals surface area contributed by atoms with Crippen molar-refractivity contribution >= 4 is 17.1 Å². The van der Waals surface area contributed by atoms with Crippen LogP contribution in [0.25, 0.3) is 11.1 Å². The Balaban J connectivity index is 2.71. The molecule has 2 rings (SSSR count).